The fourth-order valence-corrected chi connectivity index (χ4v) is 3.48. The number of anilines is 2. The molecule has 0 spiro atoms. The Kier molecular flexibility index (Phi) is 3.40. The first-order valence-corrected chi connectivity index (χ1v) is 7.60. The van der Waals surface area contributed by atoms with Crippen LogP contribution >= 0.6 is 11.3 Å². The Bertz CT molecular complexity index is 771. The molecule has 0 aliphatic carbocycles. The first-order valence-electron chi connectivity index (χ1n) is 6.78. The lowest BCUT2D eigenvalue weighted by Gasteiger charge is -2.06. The van der Waals surface area contributed by atoms with Gasteiger partial charge in [0.25, 0.3) is 5.91 Å². The van der Waals surface area contributed by atoms with Crippen molar-refractivity contribution in [1.29, 1.82) is 5.26 Å². The third-order valence-corrected chi connectivity index (χ3v) is 4.92. The Morgan fingerprint density at radius 1 is 1.43 bits per heavy atom. The zero-order valence-corrected chi connectivity index (χ0v) is 12.7. The third-order valence-electron chi connectivity index (χ3n) is 3.80. The Morgan fingerprint density at radius 2 is 2.24 bits per heavy atom. The normalized spacial score (nSPS) is 12.4. The van der Waals surface area contributed by atoms with Gasteiger partial charge >= 0.3 is 0 Å². The predicted octanol–water partition coefficient (Wildman–Crippen LogP) is 3.46. The topological polar surface area (TPSA) is 64.9 Å². The molecular formula is C16H15N3OS. The second-order valence-corrected chi connectivity index (χ2v) is 6.33. The number of fused-ring (bicyclic) bond motifs is 1. The highest BCUT2D eigenvalue weighted by molar-refractivity contribution is 7.16. The maximum Gasteiger partial charge on any atom is 0.256 e. The summed E-state index contributed by atoms with van der Waals surface area (Å²) < 4.78 is 0. The van der Waals surface area contributed by atoms with E-state index in [-0.39, 0.29) is 5.91 Å². The number of thiophene rings is 1. The minimum atomic E-state index is -0.164. The molecule has 4 nitrogen and oxygen atoms in total. The Morgan fingerprint density at radius 3 is 3.00 bits per heavy atom. The third kappa shape index (κ3) is 2.39. The van der Waals surface area contributed by atoms with Crippen LogP contribution in [-0.4, -0.2) is 12.5 Å². The van der Waals surface area contributed by atoms with Crippen molar-refractivity contribution < 1.29 is 4.79 Å². The van der Waals surface area contributed by atoms with Gasteiger partial charge in [0.15, 0.2) is 0 Å². The average molecular weight is 297 g/mol. The molecule has 5 heteroatoms. The second kappa shape index (κ2) is 5.23. The molecule has 1 aliphatic rings. The van der Waals surface area contributed by atoms with Gasteiger partial charge in [-0.15, -0.1) is 11.3 Å². The fraction of sp³-hybridized carbons (Fsp3) is 0.250. The Balaban J connectivity index is 1.87. The summed E-state index contributed by atoms with van der Waals surface area (Å²) >= 11 is 1.45. The molecule has 0 saturated heterocycles. The quantitative estimate of drug-likeness (QED) is 0.892. The highest BCUT2D eigenvalue weighted by Gasteiger charge is 2.17. The number of carbonyl (C=O) groups excluding carboxylic acids is 1. The molecule has 1 aliphatic heterocycles. The minimum absolute atomic E-state index is 0.164. The van der Waals surface area contributed by atoms with Crippen LogP contribution in [0.5, 0.6) is 0 Å². The van der Waals surface area contributed by atoms with Gasteiger partial charge in [-0.2, -0.15) is 5.26 Å². The zero-order valence-electron chi connectivity index (χ0n) is 11.9. The van der Waals surface area contributed by atoms with Crippen LogP contribution in [0.4, 0.5) is 10.7 Å². The van der Waals surface area contributed by atoms with Crippen molar-refractivity contribution >= 4 is 27.9 Å². The largest absolute Gasteiger partial charge is 0.384 e. The Hall–Kier alpha value is -2.32. The first-order chi connectivity index (χ1) is 10.1. The molecule has 3 rings (SSSR count). The molecule has 0 bridgehead atoms. The smallest absolute Gasteiger partial charge is 0.256 e. The van der Waals surface area contributed by atoms with Gasteiger partial charge in [-0.05, 0) is 49.6 Å². The fourth-order valence-electron chi connectivity index (χ4n) is 2.47. The van der Waals surface area contributed by atoms with Crippen molar-refractivity contribution in [2.24, 2.45) is 0 Å². The van der Waals surface area contributed by atoms with Crippen LogP contribution in [0.25, 0.3) is 0 Å². The summed E-state index contributed by atoms with van der Waals surface area (Å²) in [6.07, 6.45) is 0.942. The number of nitriles is 1. The molecule has 21 heavy (non-hydrogen) atoms. The number of carbonyl (C=O) groups is 1. The monoisotopic (exact) mass is 297 g/mol. The van der Waals surface area contributed by atoms with E-state index in [0.717, 1.165) is 29.1 Å². The lowest BCUT2D eigenvalue weighted by atomic mass is 10.1. The molecule has 0 fully saturated rings. The number of nitrogens with one attached hydrogen (secondary N) is 2. The van der Waals surface area contributed by atoms with Gasteiger partial charge in [0.05, 0.1) is 5.56 Å². The summed E-state index contributed by atoms with van der Waals surface area (Å²) in [5, 5.41) is 16.0. The lowest BCUT2D eigenvalue weighted by Crippen LogP contribution is -2.12. The number of benzene rings is 1. The SMILES string of the molecule is Cc1sc(NC(=O)c2ccc3c(c2)CCN3)c(C#N)c1C. The van der Waals surface area contributed by atoms with E-state index in [4.69, 9.17) is 0 Å². The highest BCUT2D eigenvalue weighted by Crippen LogP contribution is 2.32. The van der Waals surface area contributed by atoms with Crippen molar-refractivity contribution in [2.75, 3.05) is 17.2 Å². The van der Waals surface area contributed by atoms with E-state index in [1.165, 1.54) is 16.9 Å². The maximum atomic E-state index is 12.4. The summed E-state index contributed by atoms with van der Waals surface area (Å²) in [6.45, 7) is 4.78. The number of hydrogen-bond acceptors (Lipinski definition) is 4. The van der Waals surface area contributed by atoms with Crippen LogP contribution < -0.4 is 10.6 Å². The van der Waals surface area contributed by atoms with E-state index in [1.54, 1.807) is 0 Å². The number of hydrogen-bond donors (Lipinski definition) is 2. The molecule has 1 aromatic heterocycles. The molecule has 106 valence electrons. The molecule has 0 saturated carbocycles. The maximum absolute atomic E-state index is 12.4. The standard InChI is InChI=1S/C16H15N3OS/c1-9-10(2)21-16(13(9)8-17)19-15(20)12-3-4-14-11(7-12)5-6-18-14/h3-4,7,18H,5-6H2,1-2H3,(H,19,20). The van der Waals surface area contributed by atoms with Crippen LogP contribution in [0.3, 0.4) is 0 Å². The molecule has 2 aromatic rings. The molecular weight excluding hydrogens is 282 g/mol. The van der Waals surface area contributed by atoms with E-state index in [1.807, 2.05) is 32.0 Å². The summed E-state index contributed by atoms with van der Waals surface area (Å²) in [5.74, 6) is -0.164. The van der Waals surface area contributed by atoms with Gasteiger partial charge in [-0.25, -0.2) is 0 Å². The van der Waals surface area contributed by atoms with E-state index in [9.17, 15) is 10.1 Å². The number of aryl methyl sites for hydroxylation is 1. The lowest BCUT2D eigenvalue weighted by molar-refractivity contribution is 0.102. The van der Waals surface area contributed by atoms with Gasteiger partial charge in [-0.3, -0.25) is 4.79 Å². The van der Waals surface area contributed by atoms with E-state index < -0.39 is 0 Å². The van der Waals surface area contributed by atoms with Crippen molar-refractivity contribution in [1.82, 2.24) is 0 Å². The first kappa shape index (κ1) is 13.7. The summed E-state index contributed by atoms with van der Waals surface area (Å²) in [7, 11) is 0. The second-order valence-electron chi connectivity index (χ2n) is 5.10. The van der Waals surface area contributed by atoms with E-state index >= 15 is 0 Å². The predicted molar refractivity (Wildman–Crippen MR) is 85.1 cm³/mol. The Labute approximate surface area is 127 Å². The molecule has 0 atom stereocenters. The van der Waals surface area contributed by atoms with Crippen molar-refractivity contribution in [3.63, 3.8) is 0 Å². The summed E-state index contributed by atoms with van der Waals surface area (Å²) in [6, 6.07) is 7.84. The number of amides is 1. The van der Waals surface area contributed by atoms with Gasteiger partial charge in [0.2, 0.25) is 0 Å². The average Bonchev–Trinajstić information content (AvgIpc) is 3.03. The molecule has 1 aromatic carbocycles. The van der Waals surface area contributed by atoms with Crippen LogP contribution in [0.15, 0.2) is 18.2 Å². The van der Waals surface area contributed by atoms with Gasteiger partial charge in [0.1, 0.15) is 11.1 Å². The van der Waals surface area contributed by atoms with Crippen LogP contribution in [0.2, 0.25) is 0 Å². The van der Waals surface area contributed by atoms with Crippen LogP contribution in [0.1, 0.15) is 31.9 Å². The molecule has 1 amide bonds. The van der Waals surface area contributed by atoms with Crippen molar-refractivity contribution in [3.8, 4) is 6.07 Å². The van der Waals surface area contributed by atoms with Crippen LogP contribution in [-0.2, 0) is 6.42 Å². The van der Waals surface area contributed by atoms with Gasteiger partial charge in [0, 0.05) is 22.7 Å². The summed E-state index contributed by atoms with van der Waals surface area (Å²) in [5.41, 5.74) is 4.41. The number of rotatable bonds is 2. The molecule has 0 unspecified atom stereocenters. The molecule has 2 N–H and O–H groups in total. The van der Waals surface area contributed by atoms with Crippen molar-refractivity contribution in [2.45, 2.75) is 20.3 Å². The number of nitrogens with zero attached hydrogens (tertiary/aromatic N) is 1. The van der Waals surface area contributed by atoms with Gasteiger partial charge in [-0.1, -0.05) is 0 Å². The van der Waals surface area contributed by atoms with Crippen LogP contribution in [0, 0.1) is 25.2 Å². The molecule has 2 heterocycles. The van der Waals surface area contributed by atoms with Gasteiger partial charge < -0.3 is 10.6 Å². The van der Waals surface area contributed by atoms with E-state index in [0.29, 0.717) is 16.1 Å². The highest BCUT2D eigenvalue weighted by atomic mass is 32.1. The minimum Gasteiger partial charge on any atom is -0.384 e. The zero-order chi connectivity index (χ0) is 15.0. The van der Waals surface area contributed by atoms with E-state index in [2.05, 4.69) is 16.7 Å². The molecule has 0 radical (unpaired) electrons. The van der Waals surface area contributed by atoms with Crippen molar-refractivity contribution in [3.05, 3.63) is 45.3 Å². The summed E-state index contributed by atoms with van der Waals surface area (Å²) in [4.78, 5) is 13.4.